The average molecular weight is 281 g/mol. The molecular weight excluding hydrogens is 266 g/mol. The van der Waals surface area contributed by atoms with E-state index in [9.17, 15) is 19.2 Å². The quantitative estimate of drug-likeness (QED) is 0.738. The Morgan fingerprint density at radius 1 is 1.30 bits per heavy atom. The number of aromatic nitrogens is 2. The van der Waals surface area contributed by atoms with Crippen LogP contribution in [0.1, 0.15) is 19.3 Å². The average Bonchev–Trinajstić information content (AvgIpc) is 2.42. The van der Waals surface area contributed by atoms with Gasteiger partial charge in [0.25, 0.3) is 11.1 Å². The number of rotatable bonds is 3. The maximum atomic E-state index is 12.1. The van der Waals surface area contributed by atoms with Crippen LogP contribution < -0.4 is 11.1 Å². The van der Waals surface area contributed by atoms with Crippen molar-refractivity contribution >= 4 is 11.9 Å². The second-order valence-corrected chi connectivity index (χ2v) is 4.67. The molecule has 0 saturated carbocycles. The van der Waals surface area contributed by atoms with Gasteiger partial charge >= 0.3 is 5.97 Å². The second-order valence-electron chi connectivity index (χ2n) is 4.67. The summed E-state index contributed by atoms with van der Waals surface area (Å²) in [4.78, 5) is 47.2. The number of aliphatic carboxylic acids is 1. The number of carboxylic acids is 1. The van der Waals surface area contributed by atoms with Crippen molar-refractivity contribution in [3.8, 4) is 0 Å². The van der Waals surface area contributed by atoms with Gasteiger partial charge in [-0.2, -0.15) is 0 Å². The summed E-state index contributed by atoms with van der Waals surface area (Å²) in [6, 6.07) is 1.28. The first kappa shape index (κ1) is 14.0. The van der Waals surface area contributed by atoms with Crippen LogP contribution in [0.4, 0.5) is 0 Å². The third kappa shape index (κ3) is 2.95. The molecule has 0 aliphatic carbocycles. The maximum absolute atomic E-state index is 12.1. The Bertz CT molecular complexity index is 632. The Balaban J connectivity index is 2.18. The number of hydrogen-bond acceptors (Lipinski definition) is 4. The zero-order valence-electron chi connectivity index (χ0n) is 10.7. The monoisotopic (exact) mass is 281 g/mol. The highest BCUT2D eigenvalue weighted by molar-refractivity contribution is 5.83. The highest BCUT2D eigenvalue weighted by atomic mass is 16.4. The van der Waals surface area contributed by atoms with E-state index in [1.165, 1.54) is 4.90 Å². The molecule has 0 spiro atoms. The van der Waals surface area contributed by atoms with Crippen molar-refractivity contribution in [2.75, 3.05) is 6.54 Å². The van der Waals surface area contributed by atoms with Crippen molar-refractivity contribution in [2.24, 2.45) is 0 Å². The Labute approximate surface area is 113 Å². The van der Waals surface area contributed by atoms with Crippen LogP contribution in [0.25, 0.3) is 0 Å². The topological polar surface area (TPSA) is 112 Å². The molecule has 0 aromatic carbocycles. The van der Waals surface area contributed by atoms with Crippen LogP contribution in [0.2, 0.25) is 0 Å². The molecule has 0 unspecified atom stereocenters. The Kier molecular flexibility index (Phi) is 4.02. The maximum Gasteiger partial charge on any atom is 0.326 e. The van der Waals surface area contributed by atoms with Crippen molar-refractivity contribution in [1.82, 2.24) is 14.7 Å². The number of amides is 1. The summed E-state index contributed by atoms with van der Waals surface area (Å²) in [5, 5.41) is 11.3. The van der Waals surface area contributed by atoms with Gasteiger partial charge < -0.3 is 10.0 Å². The molecule has 1 amide bonds. The van der Waals surface area contributed by atoms with Crippen LogP contribution in [0.15, 0.2) is 21.7 Å². The number of carbonyl (C=O) groups is 2. The lowest BCUT2D eigenvalue weighted by Crippen LogP contribution is -2.50. The fourth-order valence-corrected chi connectivity index (χ4v) is 2.29. The van der Waals surface area contributed by atoms with E-state index in [0.717, 1.165) is 29.7 Å². The predicted octanol–water partition coefficient (Wildman–Crippen LogP) is -0.998. The van der Waals surface area contributed by atoms with E-state index in [1.807, 2.05) is 0 Å². The molecule has 1 fully saturated rings. The molecule has 2 N–H and O–H groups in total. The Morgan fingerprint density at radius 2 is 2.05 bits per heavy atom. The Morgan fingerprint density at radius 3 is 2.75 bits per heavy atom. The van der Waals surface area contributed by atoms with E-state index >= 15 is 0 Å². The first-order valence-corrected chi connectivity index (χ1v) is 6.31. The smallest absolute Gasteiger partial charge is 0.326 e. The molecule has 1 aromatic rings. The van der Waals surface area contributed by atoms with Crippen molar-refractivity contribution in [1.29, 1.82) is 0 Å². The first-order chi connectivity index (χ1) is 9.49. The molecule has 2 rings (SSSR count). The first-order valence-electron chi connectivity index (χ1n) is 6.31. The number of hydrogen-bond donors (Lipinski definition) is 2. The molecule has 1 aliphatic heterocycles. The van der Waals surface area contributed by atoms with Crippen molar-refractivity contribution in [2.45, 2.75) is 31.8 Å². The van der Waals surface area contributed by atoms with Crippen LogP contribution in [0.5, 0.6) is 0 Å². The lowest BCUT2D eigenvalue weighted by atomic mass is 10.0. The van der Waals surface area contributed by atoms with Crippen LogP contribution >= 0.6 is 0 Å². The van der Waals surface area contributed by atoms with Gasteiger partial charge in [-0.1, -0.05) is 0 Å². The van der Waals surface area contributed by atoms with E-state index < -0.39 is 29.0 Å². The normalized spacial score (nSPS) is 18.8. The summed E-state index contributed by atoms with van der Waals surface area (Å²) < 4.78 is 0.887. The number of carbonyl (C=O) groups excluding carboxylic acids is 1. The van der Waals surface area contributed by atoms with Gasteiger partial charge in [0.05, 0.1) is 0 Å². The van der Waals surface area contributed by atoms with Crippen molar-refractivity contribution in [3.63, 3.8) is 0 Å². The van der Waals surface area contributed by atoms with E-state index in [2.05, 4.69) is 5.10 Å². The van der Waals surface area contributed by atoms with E-state index in [1.54, 1.807) is 0 Å². The third-order valence-corrected chi connectivity index (χ3v) is 3.29. The standard InChI is InChI=1S/C12H15N3O5/c16-9-4-5-10(17)15(13-9)7-11(18)14-6-2-1-3-8(14)12(19)20/h4-5,8H,1-3,6-7H2,(H,13,16)(H,19,20)/t8-/m1/s1. The van der Waals surface area contributed by atoms with Gasteiger partial charge in [-0.25, -0.2) is 9.48 Å². The number of nitrogens with one attached hydrogen (secondary N) is 1. The second kappa shape index (κ2) is 5.72. The van der Waals surface area contributed by atoms with Gasteiger partial charge in [-0.3, -0.25) is 19.5 Å². The summed E-state index contributed by atoms with van der Waals surface area (Å²) >= 11 is 0. The molecule has 108 valence electrons. The summed E-state index contributed by atoms with van der Waals surface area (Å²) in [6.07, 6.45) is 1.89. The molecule has 1 saturated heterocycles. The third-order valence-electron chi connectivity index (χ3n) is 3.29. The summed E-state index contributed by atoms with van der Waals surface area (Å²) in [5.41, 5.74) is -1.01. The number of H-pyrrole nitrogens is 1. The lowest BCUT2D eigenvalue weighted by molar-refractivity contribution is -0.152. The molecular formula is C12H15N3O5. The van der Waals surface area contributed by atoms with Gasteiger partial charge in [-0.15, -0.1) is 0 Å². The van der Waals surface area contributed by atoms with Gasteiger partial charge in [0.15, 0.2) is 0 Å². The highest BCUT2D eigenvalue weighted by Crippen LogP contribution is 2.17. The molecule has 8 heteroatoms. The molecule has 0 radical (unpaired) electrons. The number of likely N-dealkylation sites (tertiary alicyclic amines) is 1. The number of piperidine rings is 1. The van der Waals surface area contributed by atoms with Gasteiger partial charge in [0.2, 0.25) is 5.91 Å². The summed E-state index contributed by atoms with van der Waals surface area (Å²) in [6.45, 7) is -0.0136. The molecule has 1 aliphatic rings. The van der Waals surface area contributed by atoms with Gasteiger partial charge in [-0.05, 0) is 19.3 Å². The molecule has 20 heavy (non-hydrogen) atoms. The number of nitrogens with zero attached hydrogens (tertiary/aromatic N) is 2. The SMILES string of the molecule is O=C(O)[C@H]1CCCCN1C(=O)Cn1[nH]c(=O)ccc1=O. The van der Waals surface area contributed by atoms with E-state index in [0.29, 0.717) is 13.0 Å². The Hall–Kier alpha value is -2.38. The number of carboxylic acid groups (broad SMARTS) is 1. The van der Waals surface area contributed by atoms with Crippen LogP contribution in [0.3, 0.4) is 0 Å². The minimum atomic E-state index is -1.05. The zero-order chi connectivity index (χ0) is 14.7. The van der Waals surface area contributed by atoms with Crippen molar-refractivity contribution < 1.29 is 14.7 Å². The molecule has 1 aromatic heterocycles. The summed E-state index contributed by atoms with van der Waals surface area (Å²) in [5.74, 6) is -1.53. The van der Waals surface area contributed by atoms with E-state index in [4.69, 9.17) is 5.11 Å². The van der Waals surface area contributed by atoms with Crippen LogP contribution in [0, 0.1) is 0 Å². The molecule has 0 bridgehead atoms. The van der Waals surface area contributed by atoms with Crippen LogP contribution in [-0.4, -0.2) is 44.3 Å². The molecule has 2 heterocycles. The minimum absolute atomic E-state index is 0.349. The fraction of sp³-hybridized carbons (Fsp3) is 0.500. The van der Waals surface area contributed by atoms with Gasteiger partial charge in [0.1, 0.15) is 12.6 Å². The molecule has 1 atom stereocenters. The summed E-state index contributed by atoms with van der Waals surface area (Å²) in [7, 11) is 0. The lowest BCUT2D eigenvalue weighted by Gasteiger charge is -2.32. The highest BCUT2D eigenvalue weighted by Gasteiger charge is 2.31. The fourth-order valence-electron chi connectivity index (χ4n) is 2.29. The number of aromatic amines is 1. The minimum Gasteiger partial charge on any atom is -0.480 e. The van der Waals surface area contributed by atoms with Crippen LogP contribution in [-0.2, 0) is 16.1 Å². The van der Waals surface area contributed by atoms with Crippen molar-refractivity contribution in [3.05, 3.63) is 32.8 Å². The molecule has 8 nitrogen and oxygen atoms in total. The van der Waals surface area contributed by atoms with Gasteiger partial charge in [0, 0.05) is 18.7 Å². The zero-order valence-corrected chi connectivity index (χ0v) is 10.7. The predicted molar refractivity (Wildman–Crippen MR) is 68.3 cm³/mol. The largest absolute Gasteiger partial charge is 0.480 e. The van der Waals surface area contributed by atoms with E-state index in [-0.39, 0.29) is 6.54 Å².